The van der Waals surface area contributed by atoms with Crippen LogP contribution >= 0.6 is 0 Å². The second-order valence-electron chi connectivity index (χ2n) is 4.20. The van der Waals surface area contributed by atoms with E-state index in [1.807, 2.05) is 6.07 Å². The van der Waals surface area contributed by atoms with E-state index in [4.69, 9.17) is 5.73 Å². The van der Waals surface area contributed by atoms with Gasteiger partial charge in [0, 0.05) is 29.0 Å². The topological polar surface area (TPSA) is 83.8 Å². The number of H-pyrrole nitrogens is 1. The highest BCUT2D eigenvalue weighted by Gasteiger charge is 2.12. The Bertz CT molecular complexity index is 734. The van der Waals surface area contributed by atoms with Crippen LogP contribution in [0.2, 0.25) is 0 Å². The predicted molar refractivity (Wildman–Crippen MR) is 74.9 cm³/mol. The number of nitrogens with two attached hydrogens (primary N) is 1. The van der Waals surface area contributed by atoms with Gasteiger partial charge in [-0.1, -0.05) is 0 Å². The number of carbonyl (C=O) groups excluding carboxylic acids is 1. The van der Waals surface area contributed by atoms with Gasteiger partial charge in [0.25, 0.3) is 5.91 Å². The monoisotopic (exact) mass is 252 g/mol. The highest BCUT2D eigenvalue weighted by Crippen LogP contribution is 2.21. The number of rotatable bonds is 2. The van der Waals surface area contributed by atoms with Crippen LogP contribution in [0.5, 0.6) is 0 Å². The number of hydrogen-bond acceptors (Lipinski definition) is 3. The molecule has 5 heteroatoms. The molecule has 19 heavy (non-hydrogen) atoms. The van der Waals surface area contributed by atoms with Crippen molar-refractivity contribution in [3.63, 3.8) is 0 Å². The summed E-state index contributed by atoms with van der Waals surface area (Å²) in [6.45, 7) is 0. The maximum atomic E-state index is 12.2. The lowest BCUT2D eigenvalue weighted by Gasteiger charge is -2.03. The molecule has 1 aromatic carbocycles. The molecule has 2 heterocycles. The maximum Gasteiger partial charge on any atom is 0.257 e. The molecule has 0 bridgehead atoms. The van der Waals surface area contributed by atoms with Crippen molar-refractivity contribution >= 4 is 28.2 Å². The molecule has 3 rings (SSSR count). The van der Waals surface area contributed by atoms with Crippen molar-refractivity contribution in [2.75, 3.05) is 11.1 Å². The third-order valence-corrected chi connectivity index (χ3v) is 2.87. The summed E-state index contributed by atoms with van der Waals surface area (Å²) in [5, 5.41) is 3.64. The van der Waals surface area contributed by atoms with Gasteiger partial charge in [-0.15, -0.1) is 0 Å². The van der Waals surface area contributed by atoms with Gasteiger partial charge < -0.3 is 16.0 Å². The Morgan fingerprint density at radius 3 is 3.00 bits per heavy atom. The van der Waals surface area contributed by atoms with Crippen LogP contribution in [0, 0.1) is 0 Å². The number of hydrogen-bond donors (Lipinski definition) is 3. The minimum Gasteiger partial charge on any atom is -0.399 e. The number of nitrogen functional groups attached to an aromatic ring is 1. The third kappa shape index (κ3) is 2.13. The fourth-order valence-corrected chi connectivity index (χ4v) is 1.97. The van der Waals surface area contributed by atoms with Crippen LogP contribution in [0.1, 0.15) is 10.4 Å². The standard InChI is InChI=1S/C14H12N4O/c15-9-3-4-11-12(8-17-13(11)6-9)14(19)18-10-2-1-5-16-7-10/h1-8,17H,15H2,(H,18,19). The van der Waals surface area contributed by atoms with Gasteiger partial charge in [0.15, 0.2) is 0 Å². The largest absolute Gasteiger partial charge is 0.399 e. The highest BCUT2D eigenvalue weighted by molar-refractivity contribution is 6.13. The smallest absolute Gasteiger partial charge is 0.257 e. The van der Waals surface area contributed by atoms with Crippen LogP contribution in [-0.4, -0.2) is 15.9 Å². The van der Waals surface area contributed by atoms with Gasteiger partial charge in [0.05, 0.1) is 17.4 Å². The number of anilines is 2. The van der Waals surface area contributed by atoms with Crippen molar-refractivity contribution < 1.29 is 4.79 Å². The van der Waals surface area contributed by atoms with Crippen LogP contribution in [0.15, 0.2) is 48.9 Å². The number of benzene rings is 1. The van der Waals surface area contributed by atoms with Crippen LogP contribution in [-0.2, 0) is 0 Å². The van der Waals surface area contributed by atoms with Crippen LogP contribution in [0.4, 0.5) is 11.4 Å². The van der Waals surface area contributed by atoms with E-state index in [0.717, 1.165) is 10.9 Å². The Morgan fingerprint density at radius 1 is 1.32 bits per heavy atom. The van der Waals surface area contributed by atoms with E-state index in [-0.39, 0.29) is 5.91 Å². The van der Waals surface area contributed by atoms with Gasteiger partial charge >= 0.3 is 0 Å². The Kier molecular flexibility index (Phi) is 2.64. The Labute approximate surface area is 109 Å². The Morgan fingerprint density at radius 2 is 2.21 bits per heavy atom. The van der Waals surface area contributed by atoms with Crippen LogP contribution < -0.4 is 11.1 Å². The van der Waals surface area contributed by atoms with E-state index in [2.05, 4.69) is 15.3 Å². The van der Waals surface area contributed by atoms with Gasteiger partial charge in [0.2, 0.25) is 0 Å². The first-order valence-corrected chi connectivity index (χ1v) is 5.82. The minimum atomic E-state index is -0.177. The summed E-state index contributed by atoms with van der Waals surface area (Å²) in [6.07, 6.45) is 4.94. The molecular formula is C14H12N4O. The maximum absolute atomic E-state index is 12.2. The normalized spacial score (nSPS) is 10.5. The van der Waals surface area contributed by atoms with E-state index in [1.165, 1.54) is 0 Å². The van der Waals surface area contributed by atoms with E-state index in [0.29, 0.717) is 16.9 Å². The van der Waals surface area contributed by atoms with Gasteiger partial charge in [-0.2, -0.15) is 0 Å². The molecular weight excluding hydrogens is 240 g/mol. The van der Waals surface area contributed by atoms with Gasteiger partial charge in [-0.25, -0.2) is 0 Å². The number of aromatic amines is 1. The van der Waals surface area contributed by atoms with Crippen molar-refractivity contribution in [1.82, 2.24) is 9.97 Å². The average Bonchev–Trinajstić information content (AvgIpc) is 2.82. The number of carbonyl (C=O) groups is 1. The summed E-state index contributed by atoms with van der Waals surface area (Å²) in [4.78, 5) is 19.2. The zero-order valence-corrected chi connectivity index (χ0v) is 10.1. The molecule has 0 aliphatic carbocycles. The first kappa shape index (κ1) is 11.3. The lowest BCUT2D eigenvalue weighted by atomic mass is 10.1. The van der Waals surface area contributed by atoms with Crippen molar-refractivity contribution in [1.29, 1.82) is 0 Å². The molecule has 5 nitrogen and oxygen atoms in total. The summed E-state index contributed by atoms with van der Waals surface area (Å²) in [5.41, 5.74) is 8.45. The lowest BCUT2D eigenvalue weighted by Crippen LogP contribution is -2.11. The van der Waals surface area contributed by atoms with E-state index >= 15 is 0 Å². The van der Waals surface area contributed by atoms with Crippen LogP contribution in [0.3, 0.4) is 0 Å². The molecule has 0 atom stereocenters. The molecule has 3 aromatic rings. The number of aromatic nitrogens is 2. The number of nitrogens with zero attached hydrogens (tertiary/aromatic N) is 1. The molecule has 0 fully saturated rings. The molecule has 0 saturated carbocycles. The summed E-state index contributed by atoms with van der Waals surface area (Å²) < 4.78 is 0. The Hall–Kier alpha value is -2.82. The van der Waals surface area contributed by atoms with E-state index < -0.39 is 0 Å². The summed E-state index contributed by atoms with van der Waals surface area (Å²) in [6, 6.07) is 8.97. The van der Waals surface area contributed by atoms with Gasteiger partial charge in [-0.05, 0) is 30.3 Å². The summed E-state index contributed by atoms with van der Waals surface area (Å²) in [5.74, 6) is -0.177. The van der Waals surface area contributed by atoms with Crippen molar-refractivity contribution in [3.8, 4) is 0 Å². The second kappa shape index (κ2) is 4.45. The third-order valence-electron chi connectivity index (χ3n) is 2.87. The fourth-order valence-electron chi connectivity index (χ4n) is 1.97. The molecule has 2 aromatic heterocycles. The van der Waals surface area contributed by atoms with Crippen molar-refractivity contribution in [2.45, 2.75) is 0 Å². The number of fused-ring (bicyclic) bond motifs is 1. The fraction of sp³-hybridized carbons (Fsp3) is 0. The highest BCUT2D eigenvalue weighted by atomic mass is 16.1. The molecule has 0 radical (unpaired) electrons. The van der Waals surface area contributed by atoms with Crippen molar-refractivity contribution in [2.24, 2.45) is 0 Å². The zero-order chi connectivity index (χ0) is 13.2. The SMILES string of the molecule is Nc1ccc2c(C(=O)Nc3cccnc3)c[nH]c2c1. The molecule has 0 aliphatic heterocycles. The first-order chi connectivity index (χ1) is 9.24. The zero-order valence-electron chi connectivity index (χ0n) is 10.1. The summed E-state index contributed by atoms with van der Waals surface area (Å²) >= 11 is 0. The molecule has 1 amide bonds. The molecule has 0 aliphatic rings. The second-order valence-corrected chi connectivity index (χ2v) is 4.20. The minimum absolute atomic E-state index is 0.177. The Balaban J connectivity index is 1.94. The number of amides is 1. The quantitative estimate of drug-likeness (QED) is 0.612. The molecule has 0 spiro atoms. The van der Waals surface area contributed by atoms with Gasteiger partial charge in [0.1, 0.15) is 0 Å². The van der Waals surface area contributed by atoms with E-state index in [9.17, 15) is 4.79 Å². The first-order valence-electron chi connectivity index (χ1n) is 5.82. The lowest BCUT2D eigenvalue weighted by molar-refractivity contribution is 0.102. The molecule has 0 unspecified atom stereocenters. The number of nitrogens with one attached hydrogen (secondary N) is 2. The molecule has 0 saturated heterocycles. The average molecular weight is 252 g/mol. The number of pyridine rings is 1. The summed E-state index contributed by atoms with van der Waals surface area (Å²) in [7, 11) is 0. The van der Waals surface area contributed by atoms with Gasteiger partial charge in [-0.3, -0.25) is 9.78 Å². The molecule has 94 valence electrons. The van der Waals surface area contributed by atoms with Crippen molar-refractivity contribution in [3.05, 3.63) is 54.5 Å². The predicted octanol–water partition coefficient (Wildman–Crippen LogP) is 2.40. The molecule has 4 N–H and O–H groups in total. The van der Waals surface area contributed by atoms with Crippen LogP contribution in [0.25, 0.3) is 10.9 Å². The van der Waals surface area contributed by atoms with E-state index in [1.54, 1.807) is 42.9 Å².